The lowest BCUT2D eigenvalue weighted by molar-refractivity contribution is -0.159. The van der Waals surface area contributed by atoms with Gasteiger partial charge in [0.2, 0.25) is 5.91 Å². The van der Waals surface area contributed by atoms with Crippen LogP contribution in [0.2, 0.25) is 0 Å². The highest BCUT2D eigenvalue weighted by atomic mass is 16.5. The predicted molar refractivity (Wildman–Crippen MR) is 87.1 cm³/mol. The van der Waals surface area contributed by atoms with Gasteiger partial charge in [-0.2, -0.15) is 0 Å². The van der Waals surface area contributed by atoms with E-state index >= 15 is 0 Å². The average molecular weight is 319 g/mol. The van der Waals surface area contributed by atoms with Gasteiger partial charge >= 0.3 is 5.97 Å². The van der Waals surface area contributed by atoms with Gasteiger partial charge in [0.15, 0.2) is 0 Å². The number of carbonyl (C=O) groups excluding carboxylic acids is 1. The van der Waals surface area contributed by atoms with Crippen LogP contribution in [0.3, 0.4) is 0 Å². The normalized spacial score (nSPS) is 21.2. The molecule has 1 saturated heterocycles. The number of benzene rings is 1. The van der Waals surface area contributed by atoms with Crippen LogP contribution in [-0.4, -0.2) is 48.7 Å². The zero-order chi connectivity index (χ0) is 16.7. The Morgan fingerprint density at radius 1 is 1.30 bits per heavy atom. The van der Waals surface area contributed by atoms with Crippen LogP contribution in [0.5, 0.6) is 0 Å². The van der Waals surface area contributed by atoms with Gasteiger partial charge in [-0.15, -0.1) is 0 Å². The Morgan fingerprint density at radius 3 is 2.70 bits per heavy atom. The second kappa shape index (κ2) is 8.11. The minimum Gasteiger partial charge on any atom is -0.481 e. The van der Waals surface area contributed by atoms with Gasteiger partial charge in [0.05, 0.1) is 6.61 Å². The fraction of sp³-hybridized carbons (Fsp3) is 0.556. The number of carboxylic acids is 1. The number of aryl methyl sites for hydroxylation is 1. The molecule has 1 heterocycles. The van der Waals surface area contributed by atoms with Gasteiger partial charge in [-0.25, -0.2) is 0 Å². The third kappa shape index (κ3) is 4.55. The summed E-state index contributed by atoms with van der Waals surface area (Å²) in [6, 6.07) is 10.1. The van der Waals surface area contributed by atoms with Crippen LogP contribution in [0.1, 0.15) is 31.2 Å². The number of piperidine rings is 1. The summed E-state index contributed by atoms with van der Waals surface area (Å²) in [6.07, 6.45) is 3.37. The van der Waals surface area contributed by atoms with E-state index < -0.39 is 11.4 Å². The molecule has 126 valence electrons. The zero-order valence-corrected chi connectivity index (χ0v) is 13.7. The highest BCUT2D eigenvalue weighted by molar-refractivity contribution is 5.79. The smallest absolute Gasteiger partial charge is 0.313 e. The molecule has 1 aromatic rings. The van der Waals surface area contributed by atoms with Crippen molar-refractivity contribution in [3.8, 4) is 0 Å². The highest BCUT2D eigenvalue weighted by Crippen LogP contribution is 2.31. The lowest BCUT2D eigenvalue weighted by atomic mass is 9.80. The van der Waals surface area contributed by atoms with Gasteiger partial charge in [0, 0.05) is 26.6 Å². The molecule has 1 aliphatic heterocycles. The molecule has 1 aliphatic rings. The molecule has 1 fully saturated rings. The van der Waals surface area contributed by atoms with Crippen LogP contribution in [0.25, 0.3) is 0 Å². The molecule has 5 heteroatoms. The number of rotatable bonds is 7. The first-order valence-electron chi connectivity index (χ1n) is 8.11. The first kappa shape index (κ1) is 17.5. The van der Waals surface area contributed by atoms with E-state index in [1.165, 1.54) is 12.7 Å². The van der Waals surface area contributed by atoms with E-state index in [-0.39, 0.29) is 19.1 Å². The molecule has 0 bridgehead atoms. The third-order valence-corrected chi connectivity index (χ3v) is 4.50. The molecule has 0 radical (unpaired) electrons. The summed E-state index contributed by atoms with van der Waals surface area (Å²) in [5, 5.41) is 9.53. The Labute approximate surface area is 137 Å². The molecule has 23 heavy (non-hydrogen) atoms. The van der Waals surface area contributed by atoms with Gasteiger partial charge < -0.3 is 14.7 Å². The Balaban J connectivity index is 1.87. The van der Waals surface area contributed by atoms with Gasteiger partial charge in [-0.1, -0.05) is 30.3 Å². The summed E-state index contributed by atoms with van der Waals surface area (Å²) in [6.45, 7) is 1.04. The van der Waals surface area contributed by atoms with Crippen LogP contribution in [0.15, 0.2) is 30.3 Å². The van der Waals surface area contributed by atoms with Gasteiger partial charge in [0.25, 0.3) is 0 Å². The Morgan fingerprint density at radius 2 is 2.04 bits per heavy atom. The van der Waals surface area contributed by atoms with E-state index in [1.807, 2.05) is 18.2 Å². The average Bonchev–Trinajstić information content (AvgIpc) is 2.56. The first-order valence-corrected chi connectivity index (χ1v) is 8.11. The lowest BCUT2D eigenvalue weighted by Gasteiger charge is -2.39. The number of carbonyl (C=O) groups is 2. The maximum absolute atomic E-state index is 12.4. The van der Waals surface area contributed by atoms with Crippen molar-refractivity contribution in [2.24, 2.45) is 5.41 Å². The molecule has 0 spiro atoms. The number of aliphatic carboxylic acids is 1. The second-order valence-corrected chi connectivity index (χ2v) is 6.28. The molecule has 1 amide bonds. The minimum atomic E-state index is -0.956. The topological polar surface area (TPSA) is 66.8 Å². The predicted octanol–water partition coefficient (Wildman–Crippen LogP) is 2.35. The van der Waals surface area contributed by atoms with E-state index in [2.05, 4.69) is 12.1 Å². The van der Waals surface area contributed by atoms with Gasteiger partial charge in [-0.3, -0.25) is 9.59 Å². The van der Waals surface area contributed by atoms with E-state index in [1.54, 1.807) is 4.90 Å². The van der Waals surface area contributed by atoms with Crippen molar-refractivity contribution in [3.05, 3.63) is 35.9 Å². The summed E-state index contributed by atoms with van der Waals surface area (Å²) < 4.78 is 5.09. The molecule has 0 aliphatic carbocycles. The first-order chi connectivity index (χ1) is 11.1. The van der Waals surface area contributed by atoms with E-state index in [9.17, 15) is 14.7 Å². The van der Waals surface area contributed by atoms with Crippen LogP contribution < -0.4 is 0 Å². The SMILES string of the molecule is COCC1(C(=O)O)CCCN(C(=O)CCCc2ccccc2)C1. The quantitative estimate of drug-likeness (QED) is 0.838. The fourth-order valence-corrected chi connectivity index (χ4v) is 3.22. The van der Waals surface area contributed by atoms with E-state index in [0.29, 0.717) is 25.8 Å². The largest absolute Gasteiger partial charge is 0.481 e. The number of hydrogen-bond acceptors (Lipinski definition) is 3. The standard InChI is InChI=1S/C18H25NO4/c1-23-14-18(17(21)22)11-6-12-19(13-18)16(20)10-5-9-15-7-3-2-4-8-15/h2-4,7-8H,5-6,9-14H2,1H3,(H,21,22). The monoisotopic (exact) mass is 319 g/mol. The van der Waals surface area contributed by atoms with E-state index in [0.717, 1.165) is 12.8 Å². The number of nitrogens with zero attached hydrogens (tertiary/aromatic N) is 1. The number of hydrogen-bond donors (Lipinski definition) is 1. The van der Waals surface area contributed by atoms with Crippen LogP contribution in [0, 0.1) is 5.41 Å². The highest BCUT2D eigenvalue weighted by Gasteiger charge is 2.43. The summed E-state index contributed by atoms with van der Waals surface area (Å²) in [5.74, 6) is -0.830. The van der Waals surface area contributed by atoms with Crippen molar-refractivity contribution in [1.82, 2.24) is 4.90 Å². The molecule has 1 aromatic carbocycles. The molecule has 5 nitrogen and oxygen atoms in total. The summed E-state index contributed by atoms with van der Waals surface area (Å²) >= 11 is 0. The van der Waals surface area contributed by atoms with E-state index in [4.69, 9.17) is 4.74 Å². The molecule has 1 atom stereocenters. The molecular weight excluding hydrogens is 294 g/mol. The van der Waals surface area contributed by atoms with Gasteiger partial charge in [0.1, 0.15) is 5.41 Å². The number of methoxy groups -OCH3 is 1. The van der Waals surface area contributed by atoms with Crippen molar-refractivity contribution >= 4 is 11.9 Å². The molecule has 1 unspecified atom stereocenters. The second-order valence-electron chi connectivity index (χ2n) is 6.28. The summed E-state index contributed by atoms with van der Waals surface area (Å²) in [5.41, 5.74) is 0.264. The Bertz CT molecular complexity index is 527. The zero-order valence-electron chi connectivity index (χ0n) is 13.7. The maximum Gasteiger partial charge on any atom is 0.313 e. The maximum atomic E-state index is 12.4. The number of amides is 1. The lowest BCUT2D eigenvalue weighted by Crippen LogP contribution is -2.52. The molecule has 0 saturated carbocycles. The Hall–Kier alpha value is -1.88. The number of carboxylic acid groups (broad SMARTS) is 1. The van der Waals surface area contributed by atoms with Crippen molar-refractivity contribution in [2.45, 2.75) is 32.1 Å². The molecule has 0 aromatic heterocycles. The van der Waals surface area contributed by atoms with Crippen LogP contribution >= 0.6 is 0 Å². The van der Waals surface area contributed by atoms with Crippen LogP contribution in [-0.2, 0) is 20.7 Å². The fourth-order valence-electron chi connectivity index (χ4n) is 3.22. The minimum absolute atomic E-state index is 0.0439. The van der Waals surface area contributed by atoms with Crippen molar-refractivity contribution in [1.29, 1.82) is 0 Å². The molecule has 2 rings (SSSR count). The van der Waals surface area contributed by atoms with Crippen molar-refractivity contribution in [3.63, 3.8) is 0 Å². The van der Waals surface area contributed by atoms with Gasteiger partial charge in [-0.05, 0) is 31.2 Å². The summed E-state index contributed by atoms with van der Waals surface area (Å²) in [4.78, 5) is 25.7. The Kier molecular flexibility index (Phi) is 6.16. The van der Waals surface area contributed by atoms with Crippen molar-refractivity contribution < 1.29 is 19.4 Å². The van der Waals surface area contributed by atoms with Crippen molar-refractivity contribution in [2.75, 3.05) is 26.8 Å². The summed E-state index contributed by atoms with van der Waals surface area (Å²) in [7, 11) is 1.51. The van der Waals surface area contributed by atoms with Crippen LogP contribution in [0.4, 0.5) is 0 Å². The number of likely N-dealkylation sites (tertiary alicyclic amines) is 1. The molecular formula is C18H25NO4. The third-order valence-electron chi connectivity index (χ3n) is 4.50. The number of ether oxygens (including phenoxy) is 1. The molecule has 1 N–H and O–H groups in total.